The summed E-state index contributed by atoms with van der Waals surface area (Å²) < 4.78 is 55.8. The van der Waals surface area contributed by atoms with Crippen molar-refractivity contribution in [3.63, 3.8) is 0 Å². The number of anilines is 1. The summed E-state index contributed by atoms with van der Waals surface area (Å²) in [5.74, 6) is -0.528. The summed E-state index contributed by atoms with van der Waals surface area (Å²) in [4.78, 5) is 14.4. The fourth-order valence-corrected chi connectivity index (χ4v) is 5.36. The highest BCUT2D eigenvalue weighted by Crippen LogP contribution is 2.36. The van der Waals surface area contributed by atoms with E-state index in [0.29, 0.717) is 0 Å². The van der Waals surface area contributed by atoms with Crippen LogP contribution in [0.1, 0.15) is 17.3 Å². The summed E-state index contributed by atoms with van der Waals surface area (Å²) in [6, 6.07) is 2.26. The molecule has 13 heteroatoms. The van der Waals surface area contributed by atoms with Gasteiger partial charge in [-0.25, -0.2) is 8.42 Å². The number of carbonyl (C=O) groups excluding carboxylic acids is 1. The summed E-state index contributed by atoms with van der Waals surface area (Å²) in [5, 5.41) is 2.47. The minimum Gasteiger partial charge on any atom is -0.496 e. The first-order chi connectivity index (χ1) is 12.6. The molecular weight excluding hydrogens is 432 g/mol. The van der Waals surface area contributed by atoms with E-state index in [9.17, 15) is 21.6 Å². The van der Waals surface area contributed by atoms with Crippen LogP contribution in [0.5, 0.6) is 5.75 Å². The van der Waals surface area contributed by atoms with Gasteiger partial charge in [0.05, 0.1) is 35.8 Å². The maximum atomic E-state index is 12.7. The van der Waals surface area contributed by atoms with E-state index in [1.54, 1.807) is 25.9 Å². The quantitative estimate of drug-likeness (QED) is 0.568. The molecule has 1 rings (SSSR count). The Morgan fingerprint density at radius 2 is 1.68 bits per heavy atom. The van der Waals surface area contributed by atoms with Crippen LogP contribution in [0.25, 0.3) is 0 Å². The van der Waals surface area contributed by atoms with Gasteiger partial charge in [-0.15, -0.1) is 3.71 Å². The lowest BCUT2D eigenvalue weighted by Crippen LogP contribution is -2.44. The van der Waals surface area contributed by atoms with Crippen LogP contribution < -0.4 is 13.8 Å². The molecule has 0 radical (unpaired) electrons. The first-order valence-electron chi connectivity index (χ1n) is 7.92. The number of halogens is 1. The number of rotatable bonds is 8. The highest BCUT2D eigenvalue weighted by molar-refractivity contribution is 8.08. The van der Waals surface area contributed by atoms with Crippen LogP contribution in [0.15, 0.2) is 12.1 Å². The number of hydrogen-bond donors (Lipinski definition) is 1. The lowest BCUT2D eigenvalue weighted by atomic mass is 10.1. The molecular formula is C15H25ClN4O6S2. The average Bonchev–Trinajstić information content (AvgIpc) is 2.54. The van der Waals surface area contributed by atoms with Crippen molar-refractivity contribution in [2.45, 2.75) is 13.1 Å². The Hall–Kier alpha value is -1.60. The number of ether oxygens (including phenoxy) is 1. The molecule has 1 unspecified atom stereocenters. The van der Waals surface area contributed by atoms with E-state index >= 15 is 0 Å². The Kier molecular flexibility index (Phi) is 7.70. The van der Waals surface area contributed by atoms with E-state index < -0.39 is 26.1 Å². The summed E-state index contributed by atoms with van der Waals surface area (Å²) in [6.07, 6.45) is 0.371. The highest BCUT2D eigenvalue weighted by Gasteiger charge is 2.35. The van der Waals surface area contributed by atoms with Crippen LogP contribution in [0.3, 0.4) is 0 Å². The van der Waals surface area contributed by atoms with Crippen molar-refractivity contribution in [1.29, 1.82) is 0 Å². The van der Waals surface area contributed by atoms with Gasteiger partial charge in [0, 0.05) is 20.2 Å². The minimum absolute atomic E-state index is 0.0629. The molecule has 1 atom stereocenters. The van der Waals surface area contributed by atoms with Gasteiger partial charge in [-0.1, -0.05) is 11.6 Å². The van der Waals surface area contributed by atoms with Gasteiger partial charge in [-0.3, -0.25) is 9.69 Å². The van der Waals surface area contributed by atoms with Crippen molar-refractivity contribution in [2.24, 2.45) is 0 Å². The van der Waals surface area contributed by atoms with Gasteiger partial charge in [-0.2, -0.15) is 12.7 Å². The molecule has 0 aromatic heterocycles. The van der Waals surface area contributed by atoms with Crippen LogP contribution in [0.2, 0.25) is 5.02 Å². The zero-order valence-electron chi connectivity index (χ0n) is 16.7. The molecule has 0 saturated carbocycles. The SMILES string of the molecule is COc1cc(Cl)c(N(S(C)(=O)=O)S(=O)(=O)N(C)C)cc1C(=O)NC(C)N(C)C. The Morgan fingerprint density at radius 1 is 1.14 bits per heavy atom. The van der Waals surface area contributed by atoms with Crippen LogP contribution in [-0.4, -0.2) is 79.7 Å². The number of carbonyl (C=O) groups is 1. The Bertz CT molecular complexity index is 948. The fraction of sp³-hybridized carbons (Fsp3) is 0.533. The topological polar surface area (TPSA) is 116 Å². The molecule has 0 heterocycles. The largest absolute Gasteiger partial charge is 0.496 e. The van der Waals surface area contributed by atoms with Gasteiger partial charge in [0.2, 0.25) is 10.0 Å². The number of hydrogen-bond acceptors (Lipinski definition) is 7. The van der Waals surface area contributed by atoms with Crippen LogP contribution in [-0.2, 0) is 20.2 Å². The summed E-state index contributed by atoms with van der Waals surface area (Å²) in [5.41, 5.74) is -0.459. The molecule has 10 nitrogen and oxygen atoms in total. The van der Waals surface area contributed by atoms with E-state index in [1.807, 2.05) is 0 Å². The monoisotopic (exact) mass is 456 g/mol. The Morgan fingerprint density at radius 3 is 2.07 bits per heavy atom. The average molecular weight is 457 g/mol. The number of methoxy groups -OCH3 is 1. The Balaban J connectivity index is 3.70. The van der Waals surface area contributed by atoms with Crippen molar-refractivity contribution in [3.05, 3.63) is 22.7 Å². The van der Waals surface area contributed by atoms with Gasteiger partial charge in [0.15, 0.2) is 0 Å². The third kappa shape index (κ3) is 5.26. The first kappa shape index (κ1) is 24.4. The number of sulfonamides is 1. The lowest BCUT2D eigenvalue weighted by Gasteiger charge is -2.27. The minimum atomic E-state index is -4.46. The molecule has 28 heavy (non-hydrogen) atoms. The van der Waals surface area contributed by atoms with E-state index in [1.165, 1.54) is 27.3 Å². The number of amides is 1. The number of benzene rings is 1. The maximum absolute atomic E-state index is 12.7. The van der Waals surface area contributed by atoms with Crippen molar-refractivity contribution in [2.75, 3.05) is 45.3 Å². The molecule has 1 aromatic rings. The molecule has 0 aliphatic heterocycles. The zero-order chi connectivity index (χ0) is 22.0. The van der Waals surface area contributed by atoms with Crippen molar-refractivity contribution in [1.82, 2.24) is 14.5 Å². The van der Waals surface area contributed by atoms with E-state index in [2.05, 4.69) is 5.32 Å². The molecule has 0 aliphatic carbocycles. The highest BCUT2D eigenvalue weighted by atomic mass is 35.5. The smallest absolute Gasteiger partial charge is 0.316 e. The molecule has 1 N–H and O–H groups in total. The van der Waals surface area contributed by atoms with E-state index in [4.69, 9.17) is 16.3 Å². The Labute approximate surface area is 171 Å². The second-order valence-electron chi connectivity index (χ2n) is 6.37. The van der Waals surface area contributed by atoms with Crippen LogP contribution in [0.4, 0.5) is 5.69 Å². The van der Waals surface area contributed by atoms with Gasteiger partial charge in [-0.05, 0) is 27.1 Å². The predicted molar refractivity (Wildman–Crippen MR) is 109 cm³/mol. The van der Waals surface area contributed by atoms with Crippen molar-refractivity contribution < 1.29 is 26.4 Å². The predicted octanol–water partition coefficient (Wildman–Crippen LogP) is 0.558. The van der Waals surface area contributed by atoms with Crippen molar-refractivity contribution >= 4 is 43.4 Å². The molecule has 1 aromatic carbocycles. The molecule has 0 bridgehead atoms. The molecule has 0 saturated heterocycles. The molecule has 0 fully saturated rings. The van der Waals surface area contributed by atoms with Gasteiger partial charge in [0.1, 0.15) is 5.75 Å². The van der Waals surface area contributed by atoms with Crippen LogP contribution in [0, 0.1) is 0 Å². The third-order valence-electron chi connectivity index (χ3n) is 3.80. The zero-order valence-corrected chi connectivity index (χ0v) is 19.1. The third-order valence-corrected chi connectivity index (χ3v) is 7.82. The van der Waals surface area contributed by atoms with Gasteiger partial charge < -0.3 is 10.1 Å². The second kappa shape index (κ2) is 8.82. The van der Waals surface area contributed by atoms with E-state index in [-0.39, 0.29) is 31.9 Å². The summed E-state index contributed by atoms with van der Waals surface area (Å²) in [6.45, 7) is 1.74. The standard InChI is InChI=1S/C15H25ClN4O6S2/c1-10(18(2)3)17-15(21)11-8-13(12(16)9-14(11)26-6)20(27(7,22)23)28(24,25)19(4)5/h8-10H,1-7H3,(H,17,21). The summed E-state index contributed by atoms with van der Waals surface area (Å²) >= 11 is 6.14. The second-order valence-corrected chi connectivity index (χ2v) is 10.8. The molecule has 0 spiro atoms. The van der Waals surface area contributed by atoms with Gasteiger partial charge >= 0.3 is 10.2 Å². The van der Waals surface area contributed by atoms with Crippen LogP contribution >= 0.6 is 11.6 Å². The first-order valence-corrected chi connectivity index (χ1v) is 11.5. The number of nitrogens with one attached hydrogen (secondary N) is 1. The molecule has 0 aliphatic rings. The van der Waals surface area contributed by atoms with E-state index in [0.717, 1.165) is 16.6 Å². The lowest BCUT2D eigenvalue weighted by molar-refractivity contribution is 0.0897. The molecule has 1 amide bonds. The normalized spacial score (nSPS) is 13.5. The van der Waals surface area contributed by atoms with Gasteiger partial charge in [0.25, 0.3) is 5.91 Å². The summed E-state index contributed by atoms with van der Waals surface area (Å²) in [7, 11) is -1.59. The fourth-order valence-electron chi connectivity index (χ4n) is 2.05. The van der Waals surface area contributed by atoms with Crippen molar-refractivity contribution in [3.8, 4) is 5.75 Å². The maximum Gasteiger partial charge on any atom is 0.316 e. The molecule has 160 valence electrons. The number of nitrogens with zero attached hydrogens (tertiary/aromatic N) is 3.